The second kappa shape index (κ2) is 10.5. The van der Waals surface area contributed by atoms with Gasteiger partial charge in [0.1, 0.15) is 0 Å². The van der Waals surface area contributed by atoms with Crippen molar-refractivity contribution in [3.05, 3.63) is 48.5 Å². The number of hydrogen-bond donors (Lipinski definition) is 0. The van der Waals surface area contributed by atoms with E-state index in [1.165, 1.54) is 41.0 Å². The maximum absolute atomic E-state index is 12.8. The van der Waals surface area contributed by atoms with E-state index in [0.717, 1.165) is 58.4 Å². The molecule has 5 rings (SSSR count). The van der Waals surface area contributed by atoms with E-state index in [0.29, 0.717) is 12.5 Å². The Kier molecular flexibility index (Phi) is 7.24. The summed E-state index contributed by atoms with van der Waals surface area (Å²) < 4.78 is 0. The molecule has 3 aliphatic rings. The molecule has 2 heterocycles. The van der Waals surface area contributed by atoms with Gasteiger partial charge in [-0.05, 0) is 54.5 Å². The van der Waals surface area contributed by atoms with E-state index in [4.69, 9.17) is 0 Å². The number of benzene rings is 2. The van der Waals surface area contributed by atoms with E-state index in [2.05, 4.69) is 74.4 Å². The number of thioether (sulfide) groups is 1. The first kappa shape index (κ1) is 22.8. The van der Waals surface area contributed by atoms with Crippen LogP contribution in [0, 0.1) is 0 Å². The molecule has 2 saturated heterocycles. The maximum atomic E-state index is 12.8. The minimum Gasteiger partial charge on any atom is -0.369 e. The summed E-state index contributed by atoms with van der Waals surface area (Å²) in [6.07, 6.45) is 6.20. The fraction of sp³-hybridized carbons (Fsp3) is 0.519. The molecular weight excluding hydrogens is 428 g/mol. The van der Waals surface area contributed by atoms with Crippen LogP contribution in [0.4, 0.5) is 5.69 Å². The van der Waals surface area contributed by atoms with Gasteiger partial charge in [-0.15, -0.1) is 11.8 Å². The Bertz CT molecular complexity index is 929. The van der Waals surface area contributed by atoms with E-state index in [9.17, 15) is 4.79 Å². The highest BCUT2D eigenvalue weighted by Gasteiger charge is 2.30. The smallest absolute Gasteiger partial charge is 0.236 e. The van der Waals surface area contributed by atoms with Gasteiger partial charge < -0.3 is 9.80 Å². The first-order chi connectivity index (χ1) is 16.2. The van der Waals surface area contributed by atoms with Crippen molar-refractivity contribution in [2.24, 2.45) is 0 Å². The van der Waals surface area contributed by atoms with E-state index in [1.807, 2.05) is 0 Å². The molecule has 2 aromatic carbocycles. The van der Waals surface area contributed by atoms with Gasteiger partial charge in [-0.3, -0.25) is 14.6 Å². The monoisotopic (exact) mass is 464 g/mol. The van der Waals surface area contributed by atoms with Gasteiger partial charge in [0.05, 0.1) is 6.54 Å². The van der Waals surface area contributed by atoms with Crippen LogP contribution in [0.15, 0.2) is 53.4 Å². The molecule has 1 aliphatic carbocycles. The van der Waals surface area contributed by atoms with Gasteiger partial charge in [0, 0.05) is 69.0 Å². The third-order valence-electron chi connectivity index (χ3n) is 7.62. The molecule has 0 radical (unpaired) electrons. The minimum absolute atomic E-state index is 0.313. The molecule has 176 valence electrons. The van der Waals surface area contributed by atoms with E-state index in [1.54, 1.807) is 11.8 Å². The summed E-state index contributed by atoms with van der Waals surface area (Å²) in [6, 6.07) is 18.5. The molecule has 2 aliphatic heterocycles. The first-order valence-electron chi connectivity index (χ1n) is 12.4. The number of piperazine rings is 2. The molecule has 0 atom stereocenters. The lowest BCUT2D eigenvalue weighted by atomic mass is 9.91. The van der Waals surface area contributed by atoms with Gasteiger partial charge in [0.25, 0.3) is 0 Å². The van der Waals surface area contributed by atoms with Crippen molar-refractivity contribution < 1.29 is 4.79 Å². The Labute approximate surface area is 202 Å². The first-order valence-corrected chi connectivity index (χ1v) is 13.7. The topological polar surface area (TPSA) is 30.0 Å². The third kappa shape index (κ3) is 5.39. The van der Waals surface area contributed by atoms with Crippen LogP contribution in [-0.2, 0) is 4.79 Å². The predicted molar refractivity (Wildman–Crippen MR) is 138 cm³/mol. The molecule has 6 heteroatoms. The van der Waals surface area contributed by atoms with Gasteiger partial charge in [0.2, 0.25) is 5.91 Å². The zero-order chi connectivity index (χ0) is 22.6. The van der Waals surface area contributed by atoms with Crippen molar-refractivity contribution >= 4 is 23.4 Å². The largest absolute Gasteiger partial charge is 0.369 e. The highest BCUT2D eigenvalue weighted by Crippen LogP contribution is 2.27. The summed E-state index contributed by atoms with van der Waals surface area (Å²) in [6.45, 7) is 8.35. The molecule has 0 bridgehead atoms. The van der Waals surface area contributed by atoms with Crippen LogP contribution in [0.1, 0.15) is 19.3 Å². The SMILES string of the molecule is CSc1cccc(-c2ccc(N3CCN(CC(=O)N4CCN(C5CCC5)CC4)CC3)cc2)c1. The van der Waals surface area contributed by atoms with Crippen LogP contribution in [-0.4, -0.2) is 91.8 Å². The van der Waals surface area contributed by atoms with Crippen molar-refractivity contribution in [2.75, 3.05) is 70.1 Å². The van der Waals surface area contributed by atoms with Gasteiger partial charge in [0.15, 0.2) is 0 Å². The van der Waals surface area contributed by atoms with Crippen molar-refractivity contribution in [1.82, 2.24) is 14.7 Å². The molecule has 0 aromatic heterocycles. The normalized spacial score (nSPS) is 20.6. The standard InChI is InChI=1S/C27H36N4OS/c1-33-26-7-2-4-23(20-26)22-8-10-25(11-9-22)29-14-12-28(13-15-29)21-27(32)31-18-16-30(17-19-31)24-5-3-6-24/h2,4,7-11,20,24H,3,5-6,12-19,21H2,1H3. The maximum Gasteiger partial charge on any atom is 0.236 e. The van der Waals surface area contributed by atoms with Gasteiger partial charge >= 0.3 is 0 Å². The van der Waals surface area contributed by atoms with E-state index >= 15 is 0 Å². The summed E-state index contributed by atoms with van der Waals surface area (Å²) in [5, 5.41) is 0. The Morgan fingerprint density at radius 1 is 0.879 bits per heavy atom. The van der Waals surface area contributed by atoms with Crippen LogP contribution >= 0.6 is 11.8 Å². The molecule has 5 nitrogen and oxygen atoms in total. The lowest BCUT2D eigenvalue weighted by Crippen LogP contribution is -2.56. The Balaban J connectivity index is 1.09. The van der Waals surface area contributed by atoms with Crippen LogP contribution in [0.3, 0.4) is 0 Å². The van der Waals surface area contributed by atoms with Crippen molar-refractivity contribution in [1.29, 1.82) is 0 Å². The Morgan fingerprint density at radius 3 is 2.24 bits per heavy atom. The summed E-state index contributed by atoms with van der Waals surface area (Å²) in [4.78, 5) is 23.6. The lowest BCUT2D eigenvalue weighted by molar-refractivity contribution is -0.134. The van der Waals surface area contributed by atoms with Crippen LogP contribution in [0.25, 0.3) is 11.1 Å². The number of carbonyl (C=O) groups is 1. The molecule has 3 fully saturated rings. The van der Waals surface area contributed by atoms with Gasteiger partial charge in [-0.2, -0.15) is 0 Å². The molecule has 1 amide bonds. The molecule has 0 unspecified atom stereocenters. The number of carbonyl (C=O) groups excluding carboxylic acids is 1. The Hall–Kier alpha value is -2.02. The van der Waals surface area contributed by atoms with E-state index < -0.39 is 0 Å². The summed E-state index contributed by atoms with van der Waals surface area (Å²) in [5.74, 6) is 0.313. The molecule has 33 heavy (non-hydrogen) atoms. The highest BCUT2D eigenvalue weighted by molar-refractivity contribution is 7.98. The number of anilines is 1. The molecular formula is C27H36N4OS. The molecule has 0 spiro atoms. The average Bonchev–Trinajstić information content (AvgIpc) is 2.84. The number of nitrogens with zero attached hydrogens (tertiary/aromatic N) is 4. The van der Waals surface area contributed by atoms with Gasteiger partial charge in [-0.1, -0.05) is 30.7 Å². The van der Waals surface area contributed by atoms with Gasteiger partial charge in [-0.25, -0.2) is 0 Å². The average molecular weight is 465 g/mol. The van der Waals surface area contributed by atoms with Crippen LogP contribution in [0.2, 0.25) is 0 Å². The molecule has 2 aromatic rings. The highest BCUT2D eigenvalue weighted by atomic mass is 32.2. The quantitative estimate of drug-likeness (QED) is 0.605. The number of rotatable bonds is 6. The number of amides is 1. The van der Waals surface area contributed by atoms with Crippen molar-refractivity contribution in [3.63, 3.8) is 0 Å². The van der Waals surface area contributed by atoms with Crippen molar-refractivity contribution in [3.8, 4) is 11.1 Å². The van der Waals surface area contributed by atoms with Crippen molar-refractivity contribution in [2.45, 2.75) is 30.2 Å². The van der Waals surface area contributed by atoms with Crippen LogP contribution < -0.4 is 4.90 Å². The predicted octanol–water partition coefficient (Wildman–Crippen LogP) is 3.89. The summed E-state index contributed by atoms with van der Waals surface area (Å²) >= 11 is 1.78. The fourth-order valence-corrected chi connectivity index (χ4v) is 5.67. The molecule has 1 saturated carbocycles. The fourth-order valence-electron chi connectivity index (χ4n) is 5.21. The van der Waals surface area contributed by atoms with E-state index in [-0.39, 0.29) is 0 Å². The number of hydrogen-bond acceptors (Lipinski definition) is 5. The molecule has 0 N–H and O–H groups in total. The Morgan fingerprint density at radius 2 is 1.61 bits per heavy atom. The zero-order valence-corrected chi connectivity index (χ0v) is 20.6. The minimum atomic E-state index is 0.313. The second-order valence-electron chi connectivity index (χ2n) is 9.54. The summed E-state index contributed by atoms with van der Waals surface area (Å²) in [5.41, 5.74) is 3.81. The van der Waals surface area contributed by atoms with Crippen LogP contribution in [0.5, 0.6) is 0 Å². The zero-order valence-electron chi connectivity index (χ0n) is 19.8. The third-order valence-corrected chi connectivity index (χ3v) is 8.35. The second-order valence-corrected chi connectivity index (χ2v) is 10.4. The summed E-state index contributed by atoms with van der Waals surface area (Å²) in [7, 11) is 0. The lowest BCUT2D eigenvalue weighted by Gasteiger charge is -2.43.